The number of rotatable bonds is 2. The number of nitrogens with one attached hydrogen (secondary N) is 2. The monoisotopic (exact) mass is 468 g/mol. The minimum absolute atomic E-state index is 0.140. The molecule has 3 aromatic carbocycles. The molecule has 1 fully saturated rings. The van der Waals surface area contributed by atoms with Crippen LogP contribution in [0.25, 0.3) is 11.1 Å². The van der Waals surface area contributed by atoms with Gasteiger partial charge in [-0.1, -0.05) is 41.4 Å². The zero-order valence-electron chi connectivity index (χ0n) is 17.1. The van der Waals surface area contributed by atoms with Crippen molar-refractivity contribution in [2.24, 2.45) is 0 Å². The zero-order chi connectivity index (χ0) is 22.6. The number of hydrogen-bond acceptors (Lipinski definition) is 2. The van der Waals surface area contributed by atoms with Crippen LogP contribution in [0.4, 0.5) is 10.1 Å². The Hall–Kier alpha value is -2.89. The molecule has 162 valence electrons. The molecule has 5 rings (SSSR count). The molecule has 1 spiro atoms. The summed E-state index contributed by atoms with van der Waals surface area (Å²) in [5, 5.41) is 6.93. The van der Waals surface area contributed by atoms with Crippen molar-refractivity contribution in [2.45, 2.75) is 31.2 Å². The molecule has 4 nitrogen and oxygen atoms in total. The molecule has 2 atom stereocenters. The molecular weight excluding hydrogens is 450 g/mol. The topological polar surface area (TPSA) is 58.2 Å². The molecule has 1 saturated heterocycles. The summed E-state index contributed by atoms with van der Waals surface area (Å²) in [6.07, 6.45) is 0.492. The van der Waals surface area contributed by atoms with Gasteiger partial charge >= 0.3 is 0 Å². The van der Waals surface area contributed by atoms with Crippen molar-refractivity contribution < 1.29 is 14.0 Å². The number of benzene rings is 3. The number of carbonyl (C=O) groups is 2. The Balaban J connectivity index is 1.81. The molecule has 2 N–H and O–H groups in total. The van der Waals surface area contributed by atoms with Crippen molar-refractivity contribution in [3.8, 4) is 11.1 Å². The fourth-order valence-corrected chi connectivity index (χ4v) is 5.43. The van der Waals surface area contributed by atoms with Crippen LogP contribution in [0.3, 0.4) is 0 Å². The highest BCUT2D eigenvalue weighted by Crippen LogP contribution is 2.55. The Labute approximate surface area is 194 Å². The maximum Gasteiger partial charge on any atom is 0.237 e. The summed E-state index contributed by atoms with van der Waals surface area (Å²) in [5.74, 6) is -0.747. The summed E-state index contributed by atoms with van der Waals surface area (Å²) in [7, 11) is 0. The summed E-state index contributed by atoms with van der Waals surface area (Å²) in [5.41, 5.74) is 3.10. The molecule has 7 heteroatoms. The van der Waals surface area contributed by atoms with E-state index in [1.807, 2.05) is 13.0 Å². The van der Waals surface area contributed by atoms with Crippen molar-refractivity contribution in [3.05, 3.63) is 87.2 Å². The maximum absolute atomic E-state index is 14.2. The van der Waals surface area contributed by atoms with Gasteiger partial charge in [0.15, 0.2) is 0 Å². The van der Waals surface area contributed by atoms with Gasteiger partial charge in [-0.3, -0.25) is 9.59 Å². The van der Waals surface area contributed by atoms with E-state index in [-0.39, 0.29) is 24.1 Å². The zero-order valence-corrected chi connectivity index (χ0v) is 18.6. The van der Waals surface area contributed by atoms with Crippen LogP contribution in [0.2, 0.25) is 10.0 Å². The average molecular weight is 469 g/mol. The summed E-state index contributed by atoms with van der Waals surface area (Å²) >= 11 is 12.7. The predicted octanol–water partition coefficient (Wildman–Crippen LogP) is 5.95. The van der Waals surface area contributed by atoms with E-state index in [1.165, 1.54) is 12.1 Å². The summed E-state index contributed by atoms with van der Waals surface area (Å²) in [6.45, 7) is 1.88. The standard InChI is InChI=1S/C25H19Cl2FN2O2/c1-13-5-6-17(28)12-18(13)19-10-16(27)11-20-22(19)25(24(32)29-20)8-7-21(31)30-23(25)14-3-2-4-15(26)9-14/h2-6,9-12,23H,7-8H2,1H3,(H,29,32)(H,30,31)/t23-,25-/m0/s1. The largest absolute Gasteiger partial charge is 0.348 e. The third kappa shape index (κ3) is 3.19. The first kappa shape index (κ1) is 21.0. The van der Waals surface area contributed by atoms with Crippen LogP contribution >= 0.6 is 23.2 Å². The average Bonchev–Trinajstić information content (AvgIpc) is 3.02. The van der Waals surface area contributed by atoms with Gasteiger partial charge in [0.2, 0.25) is 11.8 Å². The summed E-state index contributed by atoms with van der Waals surface area (Å²) in [4.78, 5) is 26.1. The van der Waals surface area contributed by atoms with E-state index in [4.69, 9.17) is 23.2 Å². The molecule has 2 aliphatic rings. The normalized spacial score (nSPS) is 21.9. The highest BCUT2D eigenvalue weighted by Gasteiger charge is 2.56. The Kier molecular flexibility index (Phi) is 4.99. The number of amides is 2. The van der Waals surface area contributed by atoms with Gasteiger partial charge in [-0.05, 0) is 72.0 Å². The first-order valence-electron chi connectivity index (χ1n) is 10.3. The van der Waals surface area contributed by atoms with Gasteiger partial charge < -0.3 is 10.6 Å². The summed E-state index contributed by atoms with van der Waals surface area (Å²) in [6, 6.07) is 14.5. The number of hydrogen-bond donors (Lipinski definition) is 2. The van der Waals surface area contributed by atoms with Crippen LogP contribution in [0.15, 0.2) is 54.6 Å². The highest BCUT2D eigenvalue weighted by atomic mass is 35.5. The molecule has 32 heavy (non-hydrogen) atoms. The summed E-state index contributed by atoms with van der Waals surface area (Å²) < 4.78 is 14.2. The molecule has 0 aromatic heterocycles. The SMILES string of the molecule is Cc1ccc(F)cc1-c1cc(Cl)cc2c1[C@]1(CCC(=O)N[C@H]1c1cccc(Cl)c1)C(=O)N2. The van der Waals surface area contributed by atoms with Gasteiger partial charge in [-0.2, -0.15) is 0 Å². The first-order valence-corrected chi connectivity index (χ1v) is 11.0. The third-order valence-electron chi connectivity index (χ3n) is 6.42. The maximum atomic E-state index is 14.2. The van der Waals surface area contributed by atoms with Gasteiger partial charge in [0.1, 0.15) is 11.2 Å². The van der Waals surface area contributed by atoms with Crippen molar-refractivity contribution in [2.75, 3.05) is 5.32 Å². The van der Waals surface area contributed by atoms with Crippen LogP contribution in [-0.4, -0.2) is 11.8 Å². The second kappa shape index (κ2) is 7.61. The molecule has 0 saturated carbocycles. The lowest BCUT2D eigenvalue weighted by Crippen LogP contribution is -2.52. The van der Waals surface area contributed by atoms with Gasteiger partial charge in [0, 0.05) is 27.7 Å². The van der Waals surface area contributed by atoms with Gasteiger partial charge in [0.25, 0.3) is 0 Å². The van der Waals surface area contributed by atoms with Crippen LogP contribution in [0.1, 0.15) is 35.6 Å². The van der Waals surface area contributed by atoms with Crippen molar-refractivity contribution >= 4 is 40.7 Å². The number of fused-ring (bicyclic) bond motifs is 2. The number of aryl methyl sites for hydroxylation is 1. The minimum Gasteiger partial charge on any atom is -0.348 e. The quantitative estimate of drug-likeness (QED) is 0.488. The Morgan fingerprint density at radius 1 is 1.00 bits per heavy atom. The van der Waals surface area contributed by atoms with Crippen LogP contribution in [0, 0.1) is 12.7 Å². The lowest BCUT2D eigenvalue weighted by atomic mass is 9.65. The van der Waals surface area contributed by atoms with E-state index in [0.29, 0.717) is 38.8 Å². The second-order valence-electron chi connectivity index (χ2n) is 8.32. The lowest BCUT2D eigenvalue weighted by molar-refractivity contribution is -0.129. The predicted molar refractivity (Wildman–Crippen MR) is 123 cm³/mol. The molecule has 0 radical (unpaired) electrons. The van der Waals surface area contributed by atoms with Gasteiger partial charge in [-0.25, -0.2) is 4.39 Å². The molecule has 3 aromatic rings. The molecule has 0 aliphatic carbocycles. The Bertz CT molecular complexity index is 1290. The smallest absolute Gasteiger partial charge is 0.237 e. The van der Waals surface area contributed by atoms with Crippen molar-refractivity contribution in [1.29, 1.82) is 0 Å². The van der Waals surface area contributed by atoms with Crippen LogP contribution in [-0.2, 0) is 15.0 Å². The van der Waals surface area contributed by atoms with E-state index >= 15 is 0 Å². The molecule has 2 aliphatic heterocycles. The Morgan fingerprint density at radius 3 is 2.59 bits per heavy atom. The first-order chi connectivity index (χ1) is 15.3. The molecule has 2 heterocycles. The van der Waals surface area contributed by atoms with E-state index in [1.54, 1.807) is 36.4 Å². The van der Waals surface area contributed by atoms with Crippen LogP contribution < -0.4 is 10.6 Å². The lowest BCUT2D eigenvalue weighted by Gasteiger charge is -2.41. The molecule has 0 bridgehead atoms. The van der Waals surface area contributed by atoms with Crippen molar-refractivity contribution in [3.63, 3.8) is 0 Å². The van der Waals surface area contributed by atoms with Crippen molar-refractivity contribution in [1.82, 2.24) is 5.32 Å². The van der Waals surface area contributed by atoms with Gasteiger partial charge in [-0.15, -0.1) is 0 Å². The fourth-order valence-electron chi connectivity index (χ4n) is 5.01. The van der Waals surface area contributed by atoms with E-state index in [9.17, 15) is 14.0 Å². The van der Waals surface area contributed by atoms with Crippen LogP contribution in [0.5, 0.6) is 0 Å². The molecule has 2 amide bonds. The van der Waals surface area contributed by atoms with E-state index in [2.05, 4.69) is 10.6 Å². The van der Waals surface area contributed by atoms with E-state index in [0.717, 1.165) is 11.1 Å². The number of carbonyl (C=O) groups excluding carboxylic acids is 2. The van der Waals surface area contributed by atoms with Gasteiger partial charge in [0.05, 0.1) is 6.04 Å². The van der Waals surface area contributed by atoms with E-state index < -0.39 is 11.5 Å². The molecular formula is C25H19Cl2FN2O2. The number of piperidine rings is 1. The number of anilines is 1. The second-order valence-corrected chi connectivity index (χ2v) is 9.19. The fraction of sp³-hybridized carbons (Fsp3) is 0.200. The molecule has 0 unspecified atom stereocenters. The highest BCUT2D eigenvalue weighted by molar-refractivity contribution is 6.32. The third-order valence-corrected chi connectivity index (χ3v) is 6.87. The Morgan fingerprint density at radius 2 is 1.81 bits per heavy atom. The minimum atomic E-state index is -1.09. The number of halogens is 3.